The highest BCUT2D eigenvalue weighted by Crippen LogP contribution is 2.33. The molecule has 7 nitrogen and oxygen atoms in total. The molecule has 0 bridgehead atoms. The fourth-order valence-electron chi connectivity index (χ4n) is 4.16. The maximum atomic E-state index is 6.21. The summed E-state index contributed by atoms with van der Waals surface area (Å²) >= 11 is 6.21. The van der Waals surface area contributed by atoms with Crippen molar-refractivity contribution in [1.29, 1.82) is 0 Å². The molecule has 0 spiro atoms. The highest BCUT2D eigenvalue weighted by molar-refractivity contribution is 6.30. The molecule has 0 radical (unpaired) electrons. The van der Waals surface area contributed by atoms with Crippen LogP contribution in [0.1, 0.15) is 37.2 Å². The van der Waals surface area contributed by atoms with Gasteiger partial charge in [0.1, 0.15) is 5.75 Å². The van der Waals surface area contributed by atoms with E-state index in [1.54, 1.807) is 7.11 Å². The molecule has 1 atom stereocenters. The molecule has 2 N–H and O–H groups in total. The van der Waals surface area contributed by atoms with Crippen molar-refractivity contribution in [3.8, 4) is 5.75 Å². The van der Waals surface area contributed by atoms with Crippen molar-refractivity contribution in [2.75, 3.05) is 32.1 Å². The third-order valence-corrected chi connectivity index (χ3v) is 5.93. The summed E-state index contributed by atoms with van der Waals surface area (Å²) in [5, 5.41) is 12.4. The lowest BCUT2D eigenvalue weighted by atomic mass is 10.1. The van der Waals surface area contributed by atoms with Crippen LogP contribution in [-0.2, 0) is 26.4 Å². The largest absolute Gasteiger partial charge is 0.495 e. The molecule has 2 aromatic rings. The van der Waals surface area contributed by atoms with Crippen molar-refractivity contribution in [3.63, 3.8) is 0 Å². The van der Waals surface area contributed by atoms with E-state index in [0.717, 1.165) is 67.0 Å². The van der Waals surface area contributed by atoms with Crippen LogP contribution in [0, 0.1) is 0 Å². The Kier molecular flexibility index (Phi) is 7.48. The van der Waals surface area contributed by atoms with Gasteiger partial charge in [-0.3, -0.25) is 9.67 Å². The van der Waals surface area contributed by atoms with Gasteiger partial charge >= 0.3 is 0 Å². The van der Waals surface area contributed by atoms with Crippen LogP contribution in [0.3, 0.4) is 0 Å². The number of nitrogens with one attached hydrogen (secondary N) is 2. The van der Waals surface area contributed by atoms with Crippen LogP contribution in [-0.4, -0.2) is 49.0 Å². The third-order valence-electron chi connectivity index (χ3n) is 5.69. The van der Waals surface area contributed by atoms with Crippen molar-refractivity contribution in [2.45, 2.75) is 45.7 Å². The number of methoxy groups -OCH3 is 1. The Hall–Kier alpha value is -2.41. The Labute approximate surface area is 184 Å². The fourth-order valence-corrected chi connectivity index (χ4v) is 4.33. The van der Waals surface area contributed by atoms with E-state index in [0.29, 0.717) is 6.04 Å². The van der Waals surface area contributed by atoms with Crippen LogP contribution < -0.4 is 20.3 Å². The van der Waals surface area contributed by atoms with Crippen molar-refractivity contribution in [2.24, 2.45) is 12.0 Å². The van der Waals surface area contributed by atoms with Crippen molar-refractivity contribution in [3.05, 3.63) is 40.2 Å². The number of aryl methyl sites for hydroxylation is 2. The first-order valence-electron chi connectivity index (χ1n) is 10.6. The van der Waals surface area contributed by atoms with Gasteiger partial charge in [-0.25, -0.2) is 0 Å². The molecule has 1 aromatic heterocycles. The van der Waals surface area contributed by atoms with Gasteiger partial charge < -0.3 is 20.3 Å². The number of guanidine groups is 1. The SMILES string of the molecule is CCc1nn(C)c(CC)c1CNC(=NC)NC1CCN(c2cc(Cl)ccc2OC)C1. The maximum Gasteiger partial charge on any atom is 0.191 e. The number of aromatic nitrogens is 2. The number of rotatable bonds is 7. The fraction of sp³-hybridized carbons (Fsp3) is 0.545. The second-order valence-corrected chi connectivity index (χ2v) is 7.96. The monoisotopic (exact) mass is 432 g/mol. The number of ether oxygens (including phenoxy) is 1. The molecule has 0 saturated carbocycles. The highest BCUT2D eigenvalue weighted by Gasteiger charge is 2.26. The van der Waals surface area contributed by atoms with Gasteiger partial charge in [-0.05, 0) is 37.5 Å². The molecule has 8 heteroatoms. The predicted molar refractivity (Wildman–Crippen MR) is 124 cm³/mol. The zero-order chi connectivity index (χ0) is 21.7. The van der Waals surface area contributed by atoms with Crippen LogP contribution in [0.4, 0.5) is 5.69 Å². The number of anilines is 1. The maximum absolute atomic E-state index is 6.21. The highest BCUT2D eigenvalue weighted by atomic mass is 35.5. The Bertz CT molecular complexity index is 894. The van der Waals surface area contributed by atoms with E-state index in [1.807, 2.05) is 37.0 Å². The van der Waals surface area contributed by atoms with Gasteiger partial charge in [0.25, 0.3) is 0 Å². The van der Waals surface area contributed by atoms with Gasteiger partial charge in [0.15, 0.2) is 5.96 Å². The van der Waals surface area contributed by atoms with E-state index in [4.69, 9.17) is 16.3 Å². The molecule has 164 valence electrons. The molecule has 1 unspecified atom stereocenters. The number of halogens is 1. The van der Waals surface area contributed by atoms with Gasteiger partial charge in [-0.1, -0.05) is 25.4 Å². The summed E-state index contributed by atoms with van der Waals surface area (Å²) in [5.41, 5.74) is 4.74. The first-order valence-corrected chi connectivity index (χ1v) is 11.0. The molecule has 2 heterocycles. The first-order chi connectivity index (χ1) is 14.5. The topological polar surface area (TPSA) is 66.7 Å². The third kappa shape index (κ3) is 4.83. The van der Waals surface area contributed by atoms with E-state index >= 15 is 0 Å². The second-order valence-electron chi connectivity index (χ2n) is 7.52. The summed E-state index contributed by atoms with van der Waals surface area (Å²) in [6.45, 7) is 6.84. The molecule has 3 rings (SSSR count). The number of aliphatic imine (C=N–C) groups is 1. The molecule has 0 aliphatic carbocycles. The number of hydrogen-bond acceptors (Lipinski definition) is 4. The van der Waals surface area contributed by atoms with Crippen LogP contribution in [0.15, 0.2) is 23.2 Å². The Morgan fingerprint density at radius 1 is 1.33 bits per heavy atom. The first kappa shape index (κ1) is 22.3. The van der Waals surface area contributed by atoms with Gasteiger partial charge in [0.2, 0.25) is 0 Å². The van der Waals surface area contributed by atoms with Gasteiger partial charge in [0.05, 0.1) is 18.5 Å². The van der Waals surface area contributed by atoms with Crippen LogP contribution >= 0.6 is 11.6 Å². The minimum Gasteiger partial charge on any atom is -0.495 e. The minimum atomic E-state index is 0.296. The Morgan fingerprint density at radius 2 is 2.13 bits per heavy atom. The quantitative estimate of drug-likeness (QED) is 0.519. The minimum absolute atomic E-state index is 0.296. The van der Waals surface area contributed by atoms with Gasteiger partial charge in [0, 0.05) is 56.1 Å². The van der Waals surface area contributed by atoms with Gasteiger partial charge in [-0.15, -0.1) is 0 Å². The Morgan fingerprint density at radius 3 is 2.80 bits per heavy atom. The second kappa shape index (κ2) is 10.1. The molecule has 30 heavy (non-hydrogen) atoms. The number of benzene rings is 1. The number of hydrogen-bond donors (Lipinski definition) is 2. The standard InChI is InChI=1S/C22H33ClN6O/c1-6-18-17(19(7-2)28(4)27-18)13-25-22(24-3)26-16-10-11-29(14-16)20-12-15(23)8-9-21(20)30-5/h8-9,12,16H,6-7,10-11,13-14H2,1-5H3,(H2,24,25,26). The Balaban J connectivity index is 1.62. The summed E-state index contributed by atoms with van der Waals surface area (Å²) in [5.74, 6) is 1.66. The van der Waals surface area contributed by atoms with Gasteiger partial charge in [-0.2, -0.15) is 5.10 Å². The van der Waals surface area contributed by atoms with E-state index in [-0.39, 0.29) is 0 Å². The van der Waals surface area contributed by atoms with Crippen LogP contribution in [0.5, 0.6) is 5.75 Å². The zero-order valence-electron chi connectivity index (χ0n) is 18.6. The lowest BCUT2D eigenvalue weighted by molar-refractivity contribution is 0.415. The van der Waals surface area contributed by atoms with Crippen LogP contribution in [0.2, 0.25) is 5.02 Å². The lowest BCUT2D eigenvalue weighted by Crippen LogP contribution is -2.44. The van der Waals surface area contributed by atoms with E-state index in [1.165, 1.54) is 11.3 Å². The van der Waals surface area contributed by atoms with E-state index < -0.39 is 0 Å². The zero-order valence-corrected chi connectivity index (χ0v) is 19.4. The van der Waals surface area contributed by atoms with Crippen LogP contribution in [0.25, 0.3) is 0 Å². The molecule has 1 saturated heterocycles. The van der Waals surface area contributed by atoms with Crippen molar-refractivity contribution in [1.82, 2.24) is 20.4 Å². The van der Waals surface area contributed by atoms with E-state index in [2.05, 4.69) is 39.5 Å². The molecule has 1 fully saturated rings. The average Bonchev–Trinajstić information content (AvgIpc) is 3.34. The summed E-state index contributed by atoms with van der Waals surface area (Å²) in [6, 6.07) is 6.04. The summed E-state index contributed by atoms with van der Waals surface area (Å²) < 4.78 is 7.52. The predicted octanol–water partition coefficient (Wildman–Crippen LogP) is 3.15. The van der Waals surface area contributed by atoms with Crippen molar-refractivity contribution < 1.29 is 4.74 Å². The molecular weight excluding hydrogens is 400 g/mol. The van der Waals surface area contributed by atoms with E-state index in [9.17, 15) is 0 Å². The number of nitrogens with zero attached hydrogens (tertiary/aromatic N) is 4. The molecular formula is C22H33ClN6O. The summed E-state index contributed by atoms with van der Waals surface area (Å²) in [7, 11) is 5.52. The normalized spacial score (nSPS) is 16.8. The van der Waals surface area contributed by atoms with Crippen molar-refractivity contribution >= 4 is 23.2 Å². The smallest absolute Gasteiger partial charge is 0.191 e. The summed E-state index contributed by atoms with van der Waals surface area (Å²) in [6.07, 6.45) is 2.91. The molecule has 1 aliphatic heterocycles. The lowest BCUT2D eigenvalue weighted by Gasteiger charge is -2.22. The molecule has 1 aliphatic rings. The molecule has 0 amide bonds. The summed E-state index contributed by atoms with van der Waals surface area (Å²) in [4.78, 5) is 6.74. The molecule has 1 aromatic carbocycles. The average molecular weight is 433 g/mol.